The van der Waals surface area contributed by atoms with Gasteiger partial charge in [-0.1, -0.05) is 23.2 Å². The zero-order valence-corrected chi connectivity index (χ0v) is 21.0. The third kappa shape index (κ3) is 4.58. The number of nitro benzene ring substituents is 1. The molecule has 1 N–H and O–H groups in total. The number of hydrogen-bond acceptors (Lipinski definition) is 6. The van der Waals surface area contributed by atoms with Gasteiger partial charge in [-0.25, -0.2) is 4.98 Å². The van der Waals surface area contributed by atoms with Gasteiger partial charge in [-0.15, -0.1) is 0 Å². The number of hydrogen-bond donors (Lipinski definition) is 1. The average Bonchev–Trinajstić information content (AvgIpc) is 3.34. The van der Waals surface area contributed by atoms with Gasteiger partial charge in [0.25, 0.3) is 17.5 Å². The molecule has 1 fully saturated rings. The Hall–Kier alpha value is -3.01. The summed E-state index contributed by atoms with van der Waals surface area (Å²) in [7, 11) is 0. The van der Waals surface area contributed by atoms with Crippen LogP contribution in [0, 0.1) is 10.1 Å². The molecule has 2 amide bonds. The number of rotatable bonds is 8. The van der Waals surface area contributed by atoms with Crippen molar-refractivity contribution in [1.29, 1.82) is 0 Å². The summed E-state index contributed by atoms with van der Waals surface area (Å²) in [6, 6.07) is 7.47. The van der Waals surface area contributed by atoms with Gasteiger partial charge < -0.3 is 9.88 Å². The Bertz CT molecular complexity index is 1370. The summed E-state index contributed by atoms with van der Waals surface area (Å²) in [6.07, 6.45) is 4.29. The quantitative estimate of drug-likeness (QED) is 0.186. The fourth-order valence-corrected chi connectivity index (χ4v) is 5.39. The van der Waals surface area contributed by atoms with Crippen molar-refractivity contribution in [2.45, 2.75) is 44.6 Å². The van der Waals surface area contributed by atoms with Crippen LogP contribution in [0.25, 0.3) is 11.0 Å². The standard InChI is InChI=1S/C25H25Cl2N5O4/c26-19-13-21-22(14-20(19)27)30(23(29-21)15-6-8-28-9-7-15)10-2-1-3-11-31-24(33)17-5-4-16(32(35)36)12-18(17)25(31)34/h4-5,12-15,28H,1-3,6-11H2. The maximum absolute atomic E-state index is 12.7. The second kappa shape index (κ2) is 10.2. The molecule has 0 spiro atoms. The van der Waals surface area contributed by atoms with Crippen LogP contribution in [0.1, 0.15) is 64.6 Å². The maximum Gasteiger partial charge on any atom is 0.270 e. The molecule has 11 heteroatoms. The average molecular weight is 530 g/mol. The minimum Gasteiger partial charge on any atom is -0.328 e. The molecule has 0 bridgehead atoms. The molecule has 2 aliphatic rings. The number of nitro groups is 1. The van der Waals surface area contributed by atoms with Crippen LogP contribution >= 0.6 is 23.2 Å². The Morgan fingerprint density at radius 2 is 1.67 bits per heavy atom. The second-order valence-electron chi connectivity index (χ2n) is 9.21. The first kappa shape index (κ1) is 24.7. The lowest BCUT2D eigenvalue weighted by molar-refractivity contribution is -0.384. The van der Waals surface area contributed by atoms with E-state index >= 15 is 0 Å². The molecule has 2 aromatic carbocycles. The maximum atomic E-state index is 12.7. The number of unbranched alkanes of at least 4 members (excludes halogenated alkanes) is 2. The number of fused-ring (bicyclic) bond motifs is 2. The molecule has 5 rings (SSSR count). The highest BCUT2D eigenvalue weighted by atomic mass is 35.5. The number of halogens is 2. The van der Waals surface area contributed by atoms with Crippen LogP contribution in [0.5, 0.6) is 0 Å². The van der Waals surface area contributed by atoms with E-state index in [1.165, 1.54) is 23.1 Å². The fraction of sp³-hybridized carbons (Fsp3) is 0.400. The number of imidazole rings is 1. The molecule has 188 valence electrons. The molecule has 36 heavy (non-hydrogen) atoms. The van der Waals surface area contributed by atoms with Crippen LogP contribution < -0.4 is 5.32 Å². The van der Waals surface area contributed by atoms with E-state index in [2.05, 4.69) is 9.88 Å². The minimum absolute atomic E-state index is 0.0984. The Morgan fingerprint density at radius 3 is 2.42 bits per heavy atom. The number of amides is 2. The van der Waals surface area contributed by atoms with Crippen molar-refractivity contribution in [2.75, 3.05) is 19.6 Å². The van der Waals surface area contributed by atoms with Crippen molar-refractivity contribution in [2.24, 2.45) is 0 Å². The predicted octanol–water partition coefficient (Wildman–Crippen LogP) is 5.18. The van der Waals surface area contributed by atoms with Crippen LogP contribution in [-0.4, -0.2) is 50.8 Å². The monoisotopic (exact) mass is 529 g/mol. The fourth-order valence-electron chi connectivity index (χ4n) is 5.08. The van der Waals surface area contributed by atoms with Gasteiger partial charge in [0.2, 0.25) is 0 Å². The Kier molecular flexibility index (Phi) is 6.96. The molecule has 0 saturated carbocycles. The van der Waals surface area contributed by atoms with E-state index in [4.69, 9.17) is 28.2 Å². The summed E-state index contributed by atoms with van der Waals surface area (Å²) in [5.41, 5.74) is 1.91. The number of carbonyl (C=O) groups excluding carboxylic acids is 2. The first-order chi connectivity index (χ1) is 17.3. The summed E-state index contributed by atoms with van der Waals surface area (Å²) in [5.74, 6) is 0.537. The van der Waals surface area contributed by atoms with Crippen LogP contribution in [0.15, 0.2) is 30.3 Å². The molecule has 0 unspecified atom stereocenters. The number of piperidine rings is 1. The number of imide groups is 1. The molecule has 1 aromatic heterocycles. The molecule has 0 aliphatic carbocycles. The summed E-state index contributed by atoms with van der Waals surface area (Å²) in [4.78, 5) is 41.9. The number of aryl methyl sites for hydroxylation is 1. The summed E-state index contributed by atoms with van der Waals surface area (Å²) in [5, 5.41) is 15.4. The first-order valence-electron chi connectivity index (χ1n) is 12.1. The molecular formula is C25H25Cl2N5O4. The molecular weight excluding hydrogens is 505 g/mol. The minimum atomic E-state index is -0.570. The number of benzene rings is 2. The van der Waals surface area contributed by atoms with Gasteiger partial charge in [-0.05, 0) is 63.4 Å². The van der Waals surface area contributed by atoms with Gasteiger partial charge >= 0.3 is 0 Å². The lowest BCUT2D eigenvalue weighted by Crippen LogP contribution is -2.30. The highest BCUT2D eigenvalue weighted by molar-refractivity contribution is 6.42. The van der Waals surface area contributed by atoms with E-state index in [9.17, 15) is 19.7 Å². The molecule has 0 radical (unpaired) electrons. The Balaban J connectivity index is 1.24. The molecule has 1 saturated heterocycles. The van der Waals surface area contributed by atoms with Crippen LogP contribution in [0.3, 0.4) is 0 Å². The Labute approximate surface area is 217 Å². The van der Waals surface area contributed by atoms with E-state index < -0.39 is 16.7 Å². The largest absolute Gasteiger partial charge is 0.328 e. The third-order valence-corrected chi connectivity index (χ3v) is 7.67. The van der Waals surface area contributed by atoms with Gasteiger partial charge in [-0.3, -0.25) is 24.6 Å². The van der Waals surface area contributed by atoms with E-state index in [-0.39, 0.29) is 23.4 Å². The SMILES string of the molecule is O=C1c2ccc([N+](=O)[O-])cc2C(=O)N1CCCCCn1c(C2CCNCC2)nc2cc(Cl)c(Cl)cc21. The number of non-ortho nitro benzene ring substituents is 1. The van der Waals surface area contributed by atoms with E-state index in [0.717, 1.165) is 62.2 Å². The Morgan fingerprint density at radius 1 is 0.972 bits per heavy atom. The molecule has 3 aromatic rings. The van der Waals surface area contributed by atoms with Crippen molar-refractivity contribution >= 4 is 51.7 Å². The summed E-state index contributed by atoms with van der Waals surface area (Å²) >= 11 is 12.6. The lowest BCUT2D eigenvalue weighted by atomic mass is 9.97. The summed E-state index contributed by atoms with van der Waals surface area (Å²) < 4.78 is 2.23. The van der Waals surface area contributed by atoms with E-state index in [1.807, 2.05) is 12.1 Å². The number of nitrogens with zero attached hydrogens (tertiary/aromatic N) is 4. The third-order valence-electron chi connectivity index (χ3n) is 6.95. The molecule has 2 aliphatic heterocycles. The van der Waals surface area contributed by atoms with Crippen molar-refractivity contribution in [1.82, 2.24) is 19.8 Å². The van der Waals surface area contributed by atoms with E-state index in [0.29, 0.717) is 22.4 Å². The van der Waals surface area contributed by atoms with Crippen molar-refractivity contribution in [3.8, 4) is 0 Å². The number of aromatic nitrogens is 2. The topological polar surface area (TPSA) is 110 Å². The predicted molar refractivity (Wildman–Crippen MR) is 137 cm³/mol. The number of carbonyl (C=O) groups is 2. The van der Waals surface area contributed by atoms with Gasteiger partial charge in [0.1, 0.15) is 5.82 Å². The highest BCUT2D eigenvalue weighted by Gasteiger charge is 2.36. The van der Waals surface area contributed by atoms with Gasteiger partial charge in [0.05, 0.1) is 37.1 Å². The molecule has 3 heterocycles. The van der Waals surface area contributed by atoms with Crippen molar-refractivity contribution in [3.63, 3.8) is 0 Å². The van der Waals surface area contributed by atoms with Gasteiger partial charge in [0, 0.05) is 31.1 Å². The highest BCUT2D eigenvalue weighted by Crippen LogP contribution is 2.33. The van der Waals surface area contributed by atoms with Crippen LogP contribution in [0.2, 0.25) is 10.0 Å². The second-order valence-corrected chi connectivity index (χ2v) is 10.0. The summed E-state index contributed by atoms with van der Waals surface area (Å²) in [6.45, 7) is 2.92. The van der Waals surface area contributed by atoms with Crippen molar-refractivity contribution in [3.05, 3.63) is 67.4 Å². The molecule has 0 atom stereocenters. The van der Waals surface area contributed by atoms with Crippen LogP contribution in [-0.2, 0) is 6.54 Å². The van der Waals surface area contributed by atoms with Gasteiger partial charge in [-0.2, -0.15) is 0 Å². The smallest absolute Gasteiger partial charge is 0.270 e. The van der Waals surface area contributed by atoms with Crippen LogP contribution in [0.4, 0.5) is 5.69 Å². The van der Waals surface area contributed by atoms with Crippen molar-refractivity contribution < 1.29 is 14.5 Å². The first-order valence-corrected chi connectivity index (χ1v) is 12.8. The number of nitrogens with one attached hydrogen (secondary N) is 1. The lowest BCUT2D eigenvalue weighted by Gasteiger charge is -2.23. The molecule has 9 nitrogen and oxygen atoms in total. The zero-order chi connectivity index (χ0) is 25.4. The van der Waals surface area contributed by atoms with Gasteiger partial charge in [0.15, 0.2) is 0 Å². The zero-order valence-electron chi connectivity index (χ0n) is 19.5. The normalized spacial score (nSPS) is 16.2. The van der Waals surface area contributed by atoms with E-state index in [1.54, 1.807) is 0 Å².